The quantitative estimate of drug-likeness (QED) is 0.792. The van der Waals surface area contributed by atoms with Gasteiger partial charge in [0.2, 0.25) is 0 Å². The topological polar surface area (TPSA) is 50.1 Å². The molecule has 0 saturated heterocycles. The molecule has 1 aromatic heterocycles. The summed E-state index contributed by atoms with van der Waals surface area (Å²) >= 11 is 0. The Bertz CT molecular complexity index is 384. The van der Waals surface area contributed by atoms with E-state index in [1.165, 1.54) is 18.7 Å². The average Bonchev–Trinajstić information content (AvgIpc) is 3.03. The highest BCUT2D eigenvalue weighted by Crippen LogP contribution is 2.37. The van der Waals surface area contributed by atoms with Crippen LogP contribution in [0.4, 0.5) is 0 Å². The Labute approximate surface area is 116 Å². The second-order valence-electron chi connectivity index (χ2n) is 5.73. The largest absolute Gasteiger partial charge is 0.394 e. The maximum Gasteiger partial charge on any atom is 0.108 e. The number of hydrogen-bond acceptors (Lipinski definition) is 3. The first-order valence-corrected chi connectivity index (χ1v) is 7.55. The van der Waals surface area contributed by atoms with Gasteiger partial charge in [-0.2, -0.15) is 0 Å². The molecule has 2 N–H and O–H groups in total. The molecule has 0 aromatic carbocycles. The molecule has 4 nitrogen and oxygen atoms in total. The fraction of sp³-hybridized carbons (Fsp3) is 0.800. The summed E-state index contributed by atoms with van der Waals surface area (Å²) in [5, 5.41) is 13.1. The van der Waals surface area contributed by atoms with Crippen molar-refractivity contribution in [1.29, 1.82) is 0 Å². The van der Waals surface area contributed by atoms with Crippen LogP contribution >= 0.6 is 0 Å². The highest BCUT2D eigenvalue weighted by Gasteiger charge is 2.40. The van der Waals surface area contributed by atoms with E-state index in [4.69, 9.17) is 0 Å². The maximum absolute atomic E-state index is 9.70. The van der Waals surface area contributed by atoms with Crippen molar-refractivity contribution in [2.45, 2.75) is 57.5 Å². The highest BCUT2D eigenvalue weighted by atomic mass is 16.3. The van der Waals surface area contributed by atoms with Gasteiger partial charge >= 0.3 is 0 Å². The first-order valence-electron chi connectivity index (χ1n) is 7.55. The van der Waals surface area contributed by atoms with Crippen LogP contribution < -0.4 is 5.32 Å². The van der Waals surface area contributed by atoms with Crippen LogP contribution in [0.25, 0.3) is 0 Å². The Morgan fingerprint density at radius 2 is 2.42 bits per heavy atom. The first-order chi connectivity index (χ1) is 9.25. The van der Waals surface area contributed by atoms with E-state index >= 15 is 0 Å². The van der Waals surface area contributed by atoms with Crippen LogP contribution in [0.3, 0.4) is 0 Å². The molecule has 19 heavy (non-hydrogen) atoms. The van der Waals surface area contributed by atoms with Crippen LogP contribution in [-0.4, -0.2) is 33.9 Å². The number of nitrogens with zero attached hydrogens (tertiary/aromatic N) is 2. The van der Waals surface area contributed by atoms with Crippen molar-refractivity contribution in [3.05, 3.63) is 18.2 Å². The maximum atomic E-state index is 9.70. The van der Waals surface area contributed by atoms with Gasteiger partial charge in [0.15, 0.2) is 0 Å². The van der Waals surface area contributed by atoms with Gasteiger partial charge in [0, 0.05) is 30.9 Å². The van der Waals surface area contributed by atoms with E-state index in [1.807, 2.05) is 13.2 Å². The molecular weight excluding hydrogens is 238 g/mol. The smallest absolute Gasteiger partial charge is 0.108 e. The number of aliphatic hydroxyl groups is 1. The van der Waals surface area contributed by atoms with Crippen molar-refractivity contribution in [2.24, 2.45) is 5.92 Å². The molecule has 1 saturated carbocycles. The lowest BCUT2D eigenvalue weighted by Crippen LogP contribution is -2.49. The Hall–Kier alpha value is -0.870. The molecule has 0 amide bonds. The summed E-state index contributed by atoms with van der Waals surface area (Å²) in [6.45, 7) is 3.46. The lowest BCUT2D eigenvalue weighted by Gasteiger charge is -2.33. The molecule has 4 heteroatoms. The Morgan fingerprint density at radius 1 is 1.58 bits per heavy atom. The minimum absolute atomic E-state index is 0.0501. The highest BCUT2D eigenvalue weighted by molar-refractivity contribution is 4.99. The third kappa shape index (κ3) is 3.00. The van der Waals surface area contributed by atoms with Gasteiger partial charge in [-0.25, -0.2) is 4.98 Å². The van der Waals surface area contributed by atoms with E-state index in [0.29, 0.717) is 5.92 Å². The van der Waals surface area contributed by atoms with E-state index in [2.05, 4.69) is 28.0 Å². The summed E-state index contributed by atoms with van der Waals surface area (Å²) in [5.74, 6) is 1.76. The molecule has 0 aliphatic heterocycles. The third-order valence-electron chi connectivity index (χ3n) is 4.73. The Morgan fingerprint density at radius 3 is 3.11 bits per heavy atom. The molecule has 0 bridgehead atoms. The summed E-state index contributed by atoms with van der Waals surface area (Å²) in [7, 11) is 1.98. The van der Waals surface area contributed by atoms with Crippen LogP contribution in [-0.2, 0) is 13.0 Å². The molecule has 2 rings (SSSR count). The van der Waals surface area contributed by atoms with Gasteiger partial charge in [-0.1, -0.05) is 13.3 Å². The van der Waals surface area contributed by atoms with Gasteiger partial charge in [0.25, 0.3) is 0 Å². The van der Waals surface area contributed by atoms with Gasteiger partial charge in [0.1, 0.15) is 5.82 Å². The first kappa shape index (κ1) is 14.5. The summed E-state index contributed by atoms with van der Waals surface area (Å²) in [4.78, 5) is 4.43. The molecule has 1 aliphatic rings. The van der Waals surface area contributed by atoms with Crippen LogP contribution in [0.15, 0.2) is 12.4 Å². The molecule has 2 unspecified atom stereocenters. The number of hydrogen-bond donors (Lipinski definition) is 2. The number of nitrogens with one attached hydrogen (secondary N) is 1. The molecular formula is C15H27N3O. The van der Waals surface area contributed by atoms with Gasteiger partial charge in [-0.05, 0) is 38.6 Å². The van der Waals surface area contributed by atoms with E-state index in [1.54, 1.807) is 0 Å². The molecule has 108 valence electrons. The molecule has 1 aromatic rings. The summed E-state index contributed by atoms with van der Waals surface area (Å²) in [5.41, 5.74) is -0.0501. The number of aliphatic hydroxyl groups excluding tert-OH is 1. The predicted molar refractivity (Wildman–Crippen MR) is 77.1 cm³/mol. The van der Waals surface area contributed by atoms with E-state index in [-0.39, 0.29) is 12.1 Å². The van der Waals surface area contributed by atoms with Crippen LogP contribution in [0.5, 0.6) is 0 Å². The van der Waals surface area contributed by atoms with Crippen molar-refractivity contribution >= 4 is 0 Å². The molecule has 0 radical (unpaired) electrons. The predicted octanol–water partition coefficient (Wildman–Crippen LogP) is 1.98. The average molecular weight is 265 g/mol. The molecule has 2 atom stereocenters. The van der Waals surface area contributed by atoms with Crippen molar-refractivity contribution < 1.29 is 5.11 Å². The summed E-state index contributed by atoms with van der Waals surface area (Å²) in [6, 6.07) is 0. The minimum Gasteiger partial charge on any atom is -0.394 e. The van der Waals surface area contributed by atoms with Gasteiger partial charge in [-0.15, -0.1) is 0 Å². The van der Waals surface area contributed by atoms with Crippen molar-refractivity contribution in [2.75, 3.05) is 13.7 Å². The van der Waals surface area contributed by atoms with E-state index < -0.39 is 0 Å². The van der Waals surface area contributed by atoms with Gasteiger partial charge < -0.3 is 15.0 Å². The number of likely N-dealkylation sites (N-methyl/N-ethyl adjacent to an activating group) is 1. The number of aromatic nitrogens is 2. The zero-order valence-electron chi connectivity index (χ0n) is 12.2. The molecule has 1 aliphatic carbocycles. The van der Waals surface area contributed by atoms with Gasteiger partial charge in [-0.3, -0.25) is 0 Å². The number of aryl methyl sites for hydroxylation is 2. The van der Waals surface area contributed by atoms with Crippen LogP contribution in [0.2, 0.25) is 0 Å². The third-order valence-corrected chi connectivity index (χ3v) is 4.73. The van der Waals surface area contributed by atoms with Gasteiger partial charge in [0.05, 0.1) is 6.61 Å². The van der Waals surface area contributed by atoms with Crippen LogP contribution in [0, 0.1) is 5.92 Å². The van der Waals surface area contributed by atoms with Crippen molar-refractivity contribution in [1.82, 2.24) is 14.9 Å². The van der Waals surface area contributed by atoms with Crippen molar-refractivity contribution in [3.63, 3.8) is 0 Å². The normalized spacial score (nSPS) is 27.0. The number of rotatable bonds is 7. The Kier molecular flexibility index (Phi) is 4.99. The van der Waals surface area contributed by atoms with Crippen molar-refractivity contribution in [3.8, 4) is 0 Å². The van der Waals surface area contributed by atoms with Crippen LogP contribution in [0.1, 0.15) is 44.9 Å². The molecule has 0 spiro atoms. The monoisotopic (exact) mass is 265 g/mol. The second kappa shape index (κ2) is 6.53. The van der Waals surface area contributed by atoms with E-state index in [9.17, 15) is 5.11 Å². The van der Waals surface area contributed by atoms with E-state index in [0.717, 1.165) is 32.2 Å². The fourth-order valence-electron chi connectivity index (χ4n) is 3.47. The lowest BCUT2D eigenvalue weighted by molar-refractivity contribution is 0.124. The molecule has 1 heterocycles. The minimum atomic E-state index is -0.0501. The number of imidazole rings is 1. The second-order valence-corrected chi connectivity index (χ2v) is 5.73. The summed E-state index contributed by atoms with van der Waals surface area (Å²) < 4.78 is 2.28. The zero-order chi connectivity index (χ0) is 13.7. The standard InChI is InChI=1S/C15H27N3O/c1-3-5-14-17-9-11-18(14)10-7-13-6-4-8-15(13,12-19)16-2/h9,11,13,16,19H,3-8,10,12H2,1-2H3. The Balaban J connectivity index is 1.96. The SMILES string of the molecule is CCCc1nccn1CCC1CCCC1(CO)NC. The molecule has 1 fully saturated rings. The lowest BCUT2D eigenvalue weighted by atomic mass is 9.85. The fourth-order valence-corrected chi connectivity index (χ4v) is 3.47. The zero-order valence-corrected chi connectivity index (χ0v) is 12.2. The summed E-state index contributed by atoms with van der Waals surface area (Å²) in [6.07, 6.45) is 10.8.